The van der Waals surface area contributed by atoms with E-state index in [1.165, 1.54) is 9.80 Å². The third-order valence-corrected chi connectivity index (χ3v) is 6.32. The Morgan fingerprint density at radius 3 is 2.62 bits per heavy atom. The molecular formula is C16H19N4O2PS. The maximum Gasteiger partial charge on any atom is 0.259 e. The molecule has 0 spiro atoms. The first-order chi connectivity index (χ1) is 11.1. The van der Waals surface area contributed by atoms with Crippen molar-refractivity contribution in [3.8, 4) is 6.07 Å². The molecule has 0 bridgehead atoms. The number of fused-ring (bicyclic) bond motifs is 1. The second kappa shape index (κ2) is 5.18. The first-order valence-electron chi connectivity index (χ1n) is 7.54. The monoisotopic (exact) mass is 362 g/mol. The fraction of sp³-hybridized carbons (Fsp3) is 0.500. The summed E-state index contributed by atoms with van der Waals surface area (Å²) in [5.41, 5.74) is -0.217. The van der Waals surface area contributed by atoms with Crippen LogP contribution in [0.2, 0.25) is 0 Å². The minimum absolute atomic E-state index is 0.162. The molecule has 0 N–H and O–H groups in total. The number of pyridine rings is 1. The Labute approximate surface area is 148 Å². The number of carbonyl (C=O) groups is 2. The lowest BCUT2D eigenvalue weighted by molar-refractivity contribution is -0.163. The number of likely N-dealkylation sites (N-methyl/N-ethyl adjacent to an activating group) is 1. The summed E-state index contributed by atoms with van der Waals surface area (Å²) in [6, 6.07) is 5.30. The molecule has 6 nitrogen and oxygen atoms in total. The highest BCUT2D eigenvalue weighted by atomic mass is 32.1. The van der Waals surface area contributed by atoms with Gasteiger partial charge in [0, 0.05) is 25.9 Å². The summed E-state index contributed by atoms with van der Waals surface area (Å²) >= 11 is 4.61. The quantitative estimate of drug-likeness (QED) is 0.608. The minimum Gasteiger partial charge on any atom is -0.325 e. The van der Waals surface area contributed by atoms with Crippen LogP contribution in [0.15, 0.2) is 24.5 Å². The third-order valence-electron chi connectivity index (χ3n) is 5.13. The van der Waals surface area contributed by atoms with Crippen molar-refractivity contribution in [3.63, 3.8) is 0 Å². The molecule has 3 heterocycles. The molecule has 0 aromatic carbocycles. The fourth-order valence-corrected chi connectivity index (χ4v) is 4.62. The molecule has 2 fully saturated rings. The Morgan fingerprint density at radius 1 is 1.42 bits per heavy atom. The van der Waals surface area contributed by atoms with E-state index in [2.05, 4.69) is 32.9 Å². The van der Waals surface area contributed by atoms with Gasteiger partial charge in [-0.3, -0.25) is 14.6 Å². The second-order valence-electron chi connectivity index (χ2n) is 6.90. The molecule has 3 rings (SSSR count). The summed E-state index contributed by atoms with van der Waals surface area (Å²) in [4.78, 5) is 31.8. The van der Waals surface area contributed by atoms with E-state index in [4.69, 9.17) is 0 Å². The number of nitriles is 1. The highest BCUT2D eigenvalue weighted by Gasteiger charge is 2.68. The van der Waals surface area contributed by atoms with Crippen LogP contribution in [0.25, 0.3) is 0 Å². The van der Waals surface area contributed by atoms with Crippen LogP contribution >= 0.6 is 21.9 Å². The maximum atomic E-state index is 13.2. The van der Waals surface area contributed by atoms with Crippen molar-refractivity contribution in [2.75, 3.05) is 7.05 Å². The summed E-state index contributed by atoms with van der Waals surface area (Å²) in [5, 5.41) is 8.74. The molecule has 2 aliphatic heterocycles. The van der Waals surface area contributed by atoms with E-state index in [1.807, 2.05) is 6.07 Å². The normalized spacial score (nSPS) is 38.9. The number of aromatic nitrogens is 1. The number of rotatable bonds is 1. The predicted molar refractivity (Wildman–Crippen MR) is 94.8 cm³/mol. The van der Waals surface area contributed by atoms with Gasteiger partial charge in [0.05, 0.1) is 17.5 Å². The molecule has 2 amide bonds. The van der Waals surface area contributed by atoms with Gasteiger partial charge in [-0.25, -0.2) is 0 Å². The smallest absolute Gasteiger partial charge is 0.259 e. The summed E-state index contributed by atoms with van der Waals surface area (Å²) in [6.45, 7) is 3.44. The number of thiol groups is 1. The van der Waals surface area contributed by atoms with Crippen LogP contribution in [0.4, 0.5) is 0 Å². The predicted octanol–water partition coefficient (Wildman–Crippen LogP) is 1.57. The molecule has 0 aliphatic carbocycles. The van der Waals surface area contributed by atoms with Crippen LogP contribution in [0.5, 0.6) is 0 Å². The molecule has 0 saturated carbocycles. The summed E-state index contributed by atoms with van der Waals surface area (Å²) in [7, 11) is 4.03. The lowest BCUT2D eigenvalue weighted by Gasteiger charge is -2.51. The first-order valence-corrected chi connectivity index (χ1v) is 8.56. The van der Waals surface area contributed by atoms with Gasteiger partial charge in [-0.2, -0.15) is 5.26 Å². The lowest BCUT2D eigenvalue weighted by atomic mass is 9.80. The van der Waals surface area contributed by atoms with E-state index >= 15 is 0 Å². The summed E-state index contributed by atoms with van der Waals surface area (Å²) < 4.78 is 0. The van der Waals surface area contributed by atoms with E-state index in [-0.39, 0.29) is 18.2 Å². The second-order valence-corrected chi connectivity index (χ2v) is 8.76. The van der Waals surface area contributed by atoms with E-state index in [0.29, 0.717) is 0 Å². The molecule has 1 unspecified atom stereocenters. The van der Waals surface area contributed by atoms with Crippen LogP contribution in [0.1, 0.15) is 31.9 Å². The molecule has 126 valence electrons. The van der Waals surface area contributed by atoms with Crippen LogP contribution in [0.3, 0.4) is 0 Å². The van der Waals surface area contributed by atoms with Gasteiger partial charge in [0.1, 0.15) is 5.28 Å². The molecular weight excluding hydrogens is 343 g/mol. The van der Waals surface area contributed by atoms with Gasteiger partial charge >= 0.3 is 0 Å². The van der Waals surface area contributed by atoms with Gasteiger partial charge in [-0.1, -0.05) is 15.3 Å². The highest BCUT2D eigenvalue weighted by Crippen LogP contribution is 2.59. The lowest BCUT2D eigenvalue weighted by Crippen LogP contribution is -2.69. The van der Waals surface area contributed by atoms with Gasteiger partial charge in [-0.05, 0) is 25.5 Å². The van der Waals surface area contributed by atoms with Crippen molar-refractivity contribution >= 4 is 33.7 Å². The molecule has 24 heavy (non-hydrogen) atoms. The molecule has 1 aromatic heterocycles. The highest BCUT2D eigenvalue weighted by molar-refractivity contribution is 7.82. The van der Waals surface area contributed by atoms with E-state index in [9.17, 15) is 14.9 Å². The Hall–Kier alpha value is -1.64. The number of hydrogen-bond acceptors (Lipinski definition) is 5. The topological polar surface area (TPSA) is 77.3 Å². The number of carbonyl (C=O) groups excluding carboxylic acids is 2. The van der Waals surface area contributed by atoms with E-state index in [0.717, 1.165) is 5.56 Å². The van der Waals surface area contributed by atoms with Crippen molar-refractivity contribution in [3.05, 3.63) is 30.1 Å². The van der Waals surface area contributed by atoms with Crippen LogP contribution in [0, 0.1) is 16.7 Å². The number of amides is 2. The number of nitrogens with zero attached hydrogens (tertiary/aromatic N) is 4. The van der Waals surface area contributed by atoms with Crippen molar-refractivity contribution in [1.29, 1.82) is 5.26 Å². The Kier molecular flexibility index (Phi) is 3.71. The zero-order chi connectivity index (χ0) is 17.9. The standard InChI is InChI=1S/C16H19N4O2PS/c1-14(9-17)8-16(24)13(22)19(3)15(2,23)12(21)20(16)11(14)10-5-4-6-18-7-10/h4-7,11,24H,8,23H2,1-3H3/t11-,14+,15-,16-/m0/s1. The molecule has 8 heteroatoms. The molecule has 0 radical (unpaired) electrons. The Morgan fingerprint density at radius 2 is 2.08 bits per heavy atom. The molecule has 2 aliphatic rings. The van der Waals surface area contributed by atoms with E-state index < -0.39 is 21.6 Å². The van der Waals surface area contributed by atoms with Gasteiger partial charge < -0.3 is 9.80 Å². The van der Waals surface area contributed by atoms with Crippen molar-refractivity contribution in [2.24, 2.45) is 5.41 Å². The van der Waals surface area contributed by atoms with Crippen LogP contribution in [-0.2, 0) is 9.59 Å². The maximum absolute atomic E-state index is 13.2. The fourth-order valence-electron chi connectivity index (χ4n) is 3.68. The van der Waals surface area contributed by atoms with Gasteiger partial charge in [-0.15, -0.1) is 12.6 Å². The summed E-state index contributed by atoms with van der Waals surface area (Å²) in [6.07, 6.45) is 3.43. The number of hydrogen-bond donors (Lipinski definition) is 1. The van der Waals surface area contributed by atoms with Gasteiger partial charge in [0.15, 0.2) is 4.87 Å². The molecule has 1 aromatic rings. The largest absolute Gasteiger partial charge is 0.325 e. The van der Waals surface area contributed by atoms with E-state index in [1.54, 1.807) is 39.4 Å². The van der Waals surface area contributed by atoms with Gasteiger partial charge in [0.25, 0.3) is 11.8 Å². The Bertz CT molecular complexity index is 765. The van der Waals surface area contributed by atoms with Crippen molar-refractivity contribution < 1.29 is 9.59 Å². The van der Waals surface area contributed by atoms with Crippen LogP contribution < -0.4 is 0 Å². The zero-order valence-corrected chi connectivity index (χ0v) is 15.8. The van der Waals surface area contributed by atoms with Crippen LogP contribution in [-0.4, -0.2) is 43.8 Å². The van der Waals surface area contributed by atoms with Crippen molar-refractivity contribution in [1.82, 2.24) is 14.8 Å². The minimum atomic E-state index is -1.34. The van der Waals surface area contributed by atoms with Crippen molar-refractivity contribution in [2.45, 2.75) is 36.5 Å². The SMILES string of the molecule is CN1C(=O)[C@@]2(S)C[C@](C)(C#N)[C@H](c3cccnc3)N2C(=O)[C@]1(C)P. The third kappa shape index (κ3) is 2.03. The average molecular weight is 362 g/mol. The summed E-state index contributed by atoms with van der Waals surface area (Å²) in [5.74, 6) is -0.534. The first kappa shape index (κ1) is 17.2. The molecule has 2 saturated heterocycles. The van der Waals surface area contributed by atoms with Gasteiger partial charge in [0.2, 0.25) is 0 Å². The molecule has 5 atom stereocenters. The average Bonchev–Trinajstić information content (AvgIpc) is 2.81. The number of piperazine rings is 1. The zero-order valence-electron chi connectivity index (χ0n) is 13.7. The Balaban J connectivity index is 2.24.